The highest BCUT2D eigenvalue weighted by atomic mass is 35.5. The van der Waals surface area contributed by atoms with Crippen molar-refractivity contribution in [3.63, 3.8) is 0 Å². The summed E-state index contributed by atoms with van der Waals surface area (Å²) in [6.45, 7) is 0.433. The molecule has 0 aliphatic heterocycles. The van der Waals surface area contributed by atoms with Crippen molar-refractivity contribution in [1.29, 1.82) is 0 Å². The minimum absolute atomic E-state index is 0.000836. The third-order valence-corrected chi connectivity index (χ3v) is 4.50. The number of furan rings is 1. The lowest BCUT2D eigenvalue weighted by Gasteiger charge is -2.19. The first-order chi connectivity index (χ1) is 12.1. The Kier molecular flexibility index (Phi) is 5.76. The Bertz CT molecular complexity index is 709. The van der Waals surface area contributed by atoms with Gasteiger partial charge in [-0.15, -0.1) is 0 Å². The lowest BCUT2D eigenvalue weighted by Crippen LogP contribution is -2.31. The molecule has 2 amide bonds. The Hall–Kier alpha value is -2.27. The van der Waals surface area contributed by atoms with Gasteiger partial charge in [0.2, 0.25) is 5.91 Å². The van der Waals surface area contributed by atoms with Gasteiger partial charge in [0.1, 0.15) is 0 Å². The molecule has 0 radical (unpaired) electrons. The second kappa shape index (κ2) is 8.21. The average Bonchev–Trinajstić information content (AvgIpc) is 3.30. The Balaban J connectivity index is 1.43. The van der Waals surface area contributed by atoms with Crippen molar-refractivity contribution in [3.8, 4) is 0 Å². The van der Waals surface area contributed by atoms with Gasteiger partial charge in [-0.2, -0.15) is 0 Å². The van der Waals surface area contributed by atoms with Crippen LogP contribution in [0.4, 0.5) is 0 Å². The zero-order valence-corrected chi connectivity index (χ0v) is 14.6. The van der Waals surface area contributed by atoms with E-state index >= 15 is 0 Å². The van der Waals surface area contributed by atoms with Gasteiger partial charge in [0, 0.05) is 18.0 Å². The van der Waals surface area contributed by atoms with Crippen molar-refractivity contribution in [2.75, 3.05) is 6.54 Å². The maximum Gasteiger partial charge on any atom is 0.286 e. The quantitative estimate of drug-likeness (QED) is 0.705. The Labute approximate surface area is 151 Å². The Morgan fingerprint density at radius 1 is 1.20 bits per heavy atom. The van der Waals surface area contributed by atoms with Gasteiger partial charge >= 0.3 is 0 Å². The number of hydrogen-bond donors (Lipinski definition) is 2. The predicted octanol–water partition coefficient (Wildman–Crippen LogP) is 3.71. The molecule has 25 heavy (non-hydrogen) atoms. The van der Waals surface area contributed by atoms with Crippen LogP contribution in [0.15, 0.2) is 47.1 Å². The van der Waals surface area contributed by atoms with Crippen LogP contribution in [0, 0.1) is 5.92 Å². The van der Waals surface area contributed by atoms with Gasteiger partial charge in [-0.25, -0.2) is 0 Å². The van der Waals surface area contributed by atoms with Crippen LogP contribution in [0.2, 0.25) is 5.02 Å². The number of carbonyl (C=O) groups is 2. The van der Waals surface area contributed by atoms with Crippen LogP contribution >= 0.6 is 11.6 Å². The van der Waals surface area contributed by atoms with Crippen LogP contribution < -0.4 is 10.6 Å². The van der Waals surface area contributed by atoms with Crippen molar-refractivity contribution < 1.29 is 14.0 Å². The summed E-state index contributed by atoms with van der Waals surface area (Å²) in [6.07, 6.45) is 4.67. The monoisotopic (exact) mass is 360 g/mol. The lowest BCUT2D eigenvalue weighted by molar-refractivity contribution is -0.122. The van der Waals surface area contributed by atoms with Crippen LogP contribution in [0.1, 0.15) is 47.8 Å². The van der Waals surface area contributed by atoms with E-state index in [2.05, 4.69) is 10.6 Å². The maximum absolute atomic E-state index is 12.2. The summed E-state index contributed by atoms with van der Waals surface area (Å²) in [6, 6.07) is 10.9. The molecule has 1 atom stereocenters. The molecule has 6 heteroatoms. The normalized spacial score (nSPS) is 14.8. The smallest absolute Gasteiger partial charge is 0.286 e. The molecule has 1 unspecified atom stereocenters. The molecule has 1 aliphatic carbocycles. The standard InChI is InChI=1S/C19H21ClN2O3/c20-15-9-7-14(8-10-15)18(13-5-6-13)22-17(23)4-1-11-21-19(24)16-3-2-12-25-16/h2-3,7-10,12-13,18H,1,4-6,11H2,(H,21,24)(H,22,23). The summed E-state index contributed by atoms with van der Waals surface area (Å²) >= 11 is 5.94. The second-order valence-electron chi connectivity index (χ2n) is 6.27. The third kappa shape index (κ3) is 5.10. The summed E-state index contributed by atoms with van der Waals surface area (Å²) in [4.78, 5) is 24.0. The first-order valence-corrected chi connectivity index (χ1v) is 8.88. The van der Waals surface area contributed by atoms with E-state index in [0.717, 1.165) is 18.4 Å². The van der Waals surface area contributed by atoms with Crippen molar-refractivity contribution >= 4 is 23.4 Å². The Morgan fingerprint density at radius 3 is 2.60 bits per heavy atom. The molecule has 1 aliphatic rings. The highest BCUT2D eigenvalue weighted by molar-refractivity contribution is 6.30. The van der Waals surface area contributed by atoms with Crippen LogP contribution in [0.3, 0.4) is 0 Å². The van der Waals surface area contributed by atoms with Crippen LogP contribution in [0.5, 0.6) is 0 Å². The summed E-state index contributed by atoms with van der Waals surface area (Å²) in [5, 5.41) is 6.55. The Morgan fingerprint density at radius 2 is 1.96 bits per heavy atom. The topological polar surface area (TPSA) is 71.3 Å². The highest BCUT2D eigenvalue weighted by Crippen LogP contribution is 2.41. The maximum atomic E-state index is 12.2. The van der Waals surface area contributed by atoms with Crippen molar-refractivity contribution in [2.45, 2.75) is 31.7 Å². The van der Waals surface area contributed by atoms with E-state index in [4.69, 9.17) is 16.0 Å². The first-order valence-electron chi connectivity index (χ1n) is 8.50. The molecule has 1 aromatic heterocycles. The number of amides is 2. The van der Waals surface area contributed by atoms with Gasteiger partial charge in [0.05, 0.1) is 12.3 Å². The highest BCUT2D eigenvalue weighted by Gasteiger charge is 2.33. The largest absolute Gasteiger partial charge is 0.459 e. The van der Waals surface area contributed by atoms with Crippen molar-refractivity contribution in [2.24, 2.45) is 5.92 Å². The number of hydrogen-bond acceptors (Lipinski definition) is 3. The predicted molar refractivity (Wildman–Crippen MR) is 95.3 cm³/mol. The summed E-state index contributed by atoms with van der Waals surface area (Å²) < 4.78 is 5.02. The van der Waals surface area contributed by atoms with Gasteiger partial charge in [-0.3, -0.25) is 9.59 Å². The fourth-order valence-corrected chi connectivity index (χ4v) is 2.89. The lowest BCUT2D eigenvalue weighted by atomic mass is 10.0. The fraction of sp³-hybridized carbons (Fsp3) is 0.368. The third-order valence-electron chi connectivity index (χ3n) is 4.25. The second-order valence-corrected chi connectivity index (χ2v) is 6.71. The molecule has 2 N–H and O–H groups in total. The molecular formula is C19H21ClN2O3. The molecule has 0 bridgehead atoms. The molecular weight excluding hydrogens is 340 g/mol. The number of rotatable bonds is 8. The van der Waals surface area contributed by atoms with Crippen molar-refractivity contribution in [3.05, 3.63) is 59.0 Å². The molecule has 1 aromatic carbocycles. The van der Waals surface area contributed by atoms with Crippen LogP contribution in [-0.2, 0) is 4.79 Å². The fourth-order valence-electron chi connectivity index (χ4n) is 2.76. The molecule has 1 saturated carbocycles. The van der Waals surface area contributed by atoms with Gasteiger partial charge in [-0.1, -0.05) is 23.7 Å². The van der Waals surface area contributed by atoms with E-state index in [9.17, 15) is 9.59 Å². The number of halogens is 1. The number of benzene rings is 1. The zero-order chi connectivity index (χ0) is 17.6. The summed E-state index contributed by atoms with van der Waals surface area (Å²) in [5.41, 5.74) is 1.09. The van der Waals surface area contributed by atoms with E-state index in [1.165, 1.54) is 6.26 Å². The number of nitrogens with one attached hydrogen (secondary N) is 2. The van der Waals surface area contributed by atoms with E-state index in [1.54, 1.807) is 12.1 Å². The molecule has 5 nitrogen and oxygen atoms in total. The molecule has 2 aromatic rings. The van der Waals surface area contributed by atoms with Gasteiger partial charge in [-0.05, 0) is 55.0 Å². The van der Waals surface area contributed by atoms with Crippen molar-refractivity contribution in [1.82, 2.24) is 10.6 Å². The molecule has 0 saturated heterocycles. The minimum atomic E-state index is -0.262. The molecule has 1 heterocycles. The van der Waals surface area contributed by atoms with Crippen LogP contribution in [0.25, 0.3) is 0 Å². The minimum Gasteiger partial charge on any atom is -0.459 e. The van der Waals surface area contributed by atoms with E-state index in [-0.39, 0.29) is 23.6 Å². The summed E-state index contributed by atoms with van der Waals surface area (Å²) in [7, 11) is 0. The molecule has 3 rings (SSSR count). The van der Waals surface area contributed by atoms with Gasteiger partial charge in [0.15, 0.2) is 5.76 Å². The van der Waals surface area contributed by atoms with Crippen LogP contribution in [-0.4, -0.2) is 18.4 Å². The van der Waals surface area contributed by atoms with E-state index in [1.807, 2.05) is 24.3 Å². The average molecular weight is 361 g/mol. The van der Waals surface area contributed by atoms with E-state index < -0.39 is 0 Å². The van der Waals surface area contributed by atoms with Gasteiger partial charge < -0.3 is 15.1 Å². The molecule has 1 fully saturated rings. The van der Waals surface area contributed by atoms with Gasteiger partial charge in [0.25, 0.3) is 5.91 Å². The SMILES string of the molecule is O=C(CCCNC(=O)c1ccco1)NC(c1ccc(Cl)cc1)C1CC1. The summed E-state index contributed by atoms with van der Waals surface area (Å²) in [5.74, 6) is 0.520. The first kappa shape index (κ1) is 17.5. The van der Waals surface area contributed by atoms with E-state index in [0.29, 0.717) is 30.3 Å². The number of carbonyl (C=O) groups excluding carboxylic acids is 2. The molecule has 0 spiro atoms. The zero-order valence-electron chi connectivity index (χ0n) is 13.8. The molecule has 132 valence electrons.